The number of thiazole rings is 1. The molecule has 0 aliphatic heterocycles. The van der Waals surface area contributed by atoms with Crippen LogP contribution in [-0.4, -0.2) is 24.6 Å². The van der Waals surface area contributed by atoms with Crippen molar-refractivity contribution in [3.63, 3.8) is 0 Å². The van der Waals surface area contributed by atoms with Gasteiger partial charge in [-0.05, 0) is 31.5 Å². The Balaban J connectivity index is 2.12. The lowest BCUT2D eigenvalue weighted by atomic mass is 10.2. The van der Waals surface area contributed by atoms with Crippen molar-refractivity contribution >= 4 is 34.0 Å². The second-order valence-corrected chi connectivity index (χ2v) is 6.22. The second-order valence-electron chi connectivity index (χ2n) is 4.60. The van der Waals surface area contributed by atoms with E-state index in [2.05, 4.69) is 4.98 Å². The van der Waals surface area contributed by atoms with E-state index >= 15 is 0 Å². The van der Waals surface area contributed by atoms with E-state index in [0.717, 1.165) is 20.6 Å². The summed E-state index contributed by atoms with van der Waals surface area (Å²) in [6.45, 7) is 4.72. The second kappa shape index (κ2) is 6.91. The molecule has 0 saturated heterocycles. The van der Waals surface area contributed by atoms with E-state index in [-0.39, 0.29) is 5.97 Å². The van der Waals surface area contributed by atoms with E-state index < -0.39 is 0 Å². The largest absolute Gasteiger partial charge is 0.461 e. The molecule has 0 unspecified atom stereocenters. The normalized spacial score (nSPS) is 10.5. The quantitative estimate of drug-likeness (QED) is 0.782. The van der Waals surface area contributed by atoms with Gasteiger partial charge >= 0.3 is 5.97 Å². The number of esters is 1. The van der Waals surface area contributed by atoms with Crippen molar-refractivity contribution in [2.45, 2.75) is 20.4 Å². The summed E-state index contributed by atoms with van der Waals surface area (Å²) in [6.07, 6.45) is 0. The number of hydrogen-bond acceptors (Lipinski definition) is 5. The molecule has 4 nitrogen and oxygen atoms in total. The molecule has 6 heteroatoms. The van der Waals surface area contributed by atoms with Gasteiger partial charge in [0.15, 0.2) is 10.8 Å². The minimum absolute atomic E-state index is 0.353. The molecule has 112 valence electrons. The van der Waals surface area contributed by atoms with E-state index in [9.17, 15) is 4.79 Å². The van der Waals surface area contributed by atoms with E-state index in [1.54, 1.807) is 6.92 Å². The fraction of sp³-hybridized carbons (Fsp3) is 0.333. The Morgan fingerprint density at radius 1 is 1.38 bits per heavy atom. The maximum absolute atomic E-state index is 11.8. The van der Waals surface area contributed by atoms with Gasteiger partial charge in [-0.25, -0.2) is 9.78 Å². The zero-order valence-corrected chi connectivity index (χ0v) is 13.8. The molecular formula is C15H17ClN2O2S. The van der Waals surface area contributed by atoms with E-state index in [4.69, 9.17) is 16.3 Å². The molecule has 0 fully saturated rings. The first kappa shape index (κ1) is 15.8. The topological polar surface area (TPSA) is 42.4 Å². The molecule has 0 spiro atoms. The first-order chi connectivity index (χ1) is 10.0. The fourth-order valence-corrected chi connectivity index (χ4v) is 2.85. The number of rotatable bonds is 5. The Morgan fingerprint density at radius 2 is 2.05 bits per heavy atom. The van der Waals surface area contributed by atoms with Crippen molar-refractivity contribution in [1.82, 2.24) is 4.98 Å². The lowest BCUT2D eigenvalue weighted by molar-refractivity contribution is 0.0519. The van der Waals surface area contributed by atoms with Crippen LogP contribution >= 0.6 is 22.9 Å². The molecule has 0 bridgehead atoms. The van der Waals surface area contributed by atoms with Gasteiger partial charge in [-0.15, -0.1) is 11.3 Å². The molecule has 1 aromatic heterocycles. The average Bonchev–Trinajstić information content (AvgIpc) is 2.84. The number of benzene rings is 1. The standard InChI is InChI=1S/C15H17ClN2O2S/c1-4-20-14(19)13-10(2)21-15(17-13)18(3)9-11-5-7-12(16)8-6-11/h5-8H,4,9H2,1-3H3. The van der Waals surface area contributed by atoms with Crippen LogP contribution in [-0.2, 0) is 11.3 Å². The third-order valence-corrected chi connectivity index (χ3v) is 4.25. The number of carbonyl (C=O) groups is 1. The molecule has 2 rings (SSSR count). The lowest BCUT2D eigenvalue weighted by Gasteiger charge is -2.15. The molecular weight excluding hydrogens is 308 g/mol. The van der Waals surface area contributed by atoms with Crippen LogP contribution in [0.1, 0.15) is 27.9 Å². The number of carbonyl (C=O) groups excluding carboxylic acids is 1. The SMILES string of the molecule is CCOC(=O)c1nc(N(C)Cc2ccc(Cl)cc2)sc1C. The summed E-state index contributed by atoms with van der Waals surface area (Å²) in [7, 11) is 1.95. The number of ether oxygens (including phenoxy) is 1. The maximum Gasteiger partial charge on any atom is 0.358 e. The smallest absolute Gasteiger partial charge is 0.358 e. The van der Waals surface area contributed by atoms with Gasteiger partial charge in [-0.2, -0.15) is 0 Å². The van der Waals surface area contributed by atoms with Gasteiger partial charge in [-0.3, -0.25) is 0 Å². The van der Waals surface area contributed by atoms with Gasteiger partial charge < -0.3 is 9.64 Å². The molecule has 1 aromatic carbocycles. The number of halogens is 1. The molecule has 0 atom stereocenters. The predicted molar refractivity (Wildman–Crippen MR) is 86.4 cm³/mol. The van der Waals surface area contributed by atoms with Crippen molar-refractivity contribution in [3.05, 3.63) is 45.4 Å². The maximum atomic E-state index is 11.8. The highest BCUT2D eigenvalue weighted by atomic mass is 35.5. The minimum Gasteiger partial charge on any atom is -0.461 e. The van der Waals surface area contributed by atoms with Gasteiger partial charge in [0.1, 0.15) is 0 Å². The third-order valence-electron chi connectivity index (χ3n) is 2.91. The molecule has 1 heterocycles. The Morgan fingerprint density at radius 3 is 2.67 bits per heavy atom. The van der Waals surface area contributed by atoms with E-state index in [1.165, 1.54) is 11.3 Å². The summed E-state index contributed by atoms with van der Waals surface area (Å²) in [4.78, 5) is 19.0. The molecule has 0 N–H and O–H groups in total. The highest BCUT2D eigenvalue weighted by molar-refractivity contribution is 7.15. The zero-order valence-electron chi connectivity index (χ0n) is 12.2. The number of hydrogen-bond donors (Lipinski definition) is 0. The Bertz CT molecular complexity index is 625. The van der Waals surface area contributed by atoms with Gasteiger partial charge in [0.2, 0.25) is 0 Å². The number of nitrogens with zero attached hydrogens (tertiary/aromatic N) is 2. The summed E-state index contributed by atoms with van der Waals surface area (Å²) in [5.74, 6) is -0.364. The predicted octanol–water partition coefficient (Wildman–Crippen LogP) is 3.92. The van der Waals surface area contributed by atoms with Crippen molar-refractivity contribution < 1.29 is 9.53 Å². The van der Waals surface area contributed by atoms with Gasteiger partial charge in [0, 0.05) is 23.5 Å². The van der Waals surface area contributed by atoms with Crippen LogP contribution in [0.2, 0.25) is 5.02 Å². The highest BCUT2D eigenvalue weighted by Gasteiger charge is 2.18. The monoisotopic (exact) mass is 324 g/mol. The summed E-state index contributed by atoms with van der Waals surface area (Å²) in [5, 5.41) is 1.52. The fourth-order valence-electron chi connectivity index (χ4n) is 1.87. The number of aryl methyl sites for hydroxylation is 1. The van der Waals surface area contributed by atoms with E-state index in [0.29, 0.717) is 18.8 Å². The molecule has 0 saturated carbocycles. The van der Waals surface area contributed by atoms with Gasteiger partial charge in [0.05, 0.1) is 6.61 Å². The minimum atomic E-state index is -0.364. The van der Waals surface area contributed by atoms with Crippen molar-refractivity contribution in [1.29, 1.82) is 0 Å². The first-order valence-electron chi connectivity index (χ1n) is 6.61. The van der Waals surface area contributed by atoms with E-state index in [1.807, 2.05) is 43.1 Å². The summed E-state index contributed by atoms with van der Waals surface area (Å²) < 4.78 is 5.01. The highest BCUT2D eigenvalue weighted by Crippen LogP contribution is 2.26. The molecule has 0 aliphatic rings. The Hall–Kier alpha value is -1.59. The molecule has 2 aromatic rings. The number of aromatic nitrogens is 1. The molecule has 21 heavy (non-hydrogen) atoms. The van der Waals surface area contributed by atoms with Crippen molar-refractivity contribution in [2.75, 3.05) is 18.6 Å². The average molecular weight is 325 g/mol. The summed E-state index contributed by atoms with van der Waals surface area (Å²) in [5.41, 5.74) is 1.53. The number of anilines is 1. The van der Waals surface area contributed by atoms with Gasteiger partial charge in [-0.1, -0.05) is 23.7 Å². The van der Waals surface area contributed by atoms with Crippen LogP contribution in [0.15, 0.2) is 24.3 Å². The lowest BCUT2D eigenvalue weighted by Crippen LogP contribution is -2.16. The Kier molecular flexibility index (Phi) is 5.20. The van der Waals surface area contributed by atoms with Crippen LogP contribution in [0.3, 0.4) is 0 Å². The van der Waals surface area contributed by atoms with Crippen LogP contribution in [0.25, 0.3) is 0 Å². The molecule has 0 radical (unpaired) electrons. The van der Waals surface area contributed by atoms with Crippen molar-refractivity contribution in [2.24, 2.45) is 0 Å². The summed E-state index contributed by atoms with van der Waals surface area (Å²) >= 11 is 7.37. The third kappa shape index (κ3) is 3.95. The van der Waals surface area contributed by atoms with Gasteiger partial charge in [0.25, 0.3) is 0 Å². The van der Waals surface area contributed by atoms with Crippen LogP contribution in [0, 0.1) is 6.92 Å². The molecule has 0 amide bonds. The van der Waals surface area contributed by atoms with Crippen LogP contribution in [0.4, 0.5) is 5.13 Å². The summed E-state index contributed by atoms with van der Waals surface area (Å²) in [6, 6.07) is 7.68. The Labute approximate surface area is 133 Å². The molecule has 0 aliphatic carbocycles. The van der Waals surface area contributed by atoms with Crippen LogP contribution in [0.5, 0.6) is 0 Å². The first-order valence-corrected chi connectivity index (χ1v) is 7.80. The van der Waals surface area contributed by atoms with Crippen molar-refractivity contribution in [3.8, 4) is 0 Å². The van der Waals surface area contributed by atoms with Crippen LogP contribution < -0.4 is 4.90 Å². The zero-order chi connectivity index (χ0) is 15.4.